The molecule has 0 fully saturated rings. The molecule has 0 saturated heterocycles. The molecule has 0 aliphatic heterocycles. The molecule has 134 valence electrons. The van der Waals surface area contributed by atoms with E-state index in [1.807, 2.05) is 0 Å². The number of furan rings is 1. The van der Waals surface area contributed by atoms with Crippen molar-refractivity contribution < 1.29 is 19.2 Å². The van der Waals surface area contributed by atoms with Crippen LogP contribution >= 0.6 is 12.2 Å². The molecule has 1 aromatic heterocycles. The molecule has 0 atom stereocenters. The molecule has 0 unspecified atom stereocenters. The molecule has 2 rings (SSSR count). The molecule has 0 aliphatic rings. The van der Waals surface area contributed by atoms with E-state index in [1.165, 1.54) is 6.07 Å². The van der Waals surface area contributed by atoms with Crippen LogP contribution in [0.15, 0.2) is 39.9 Å². The maximum absolute atomic E-state index is 11.0. The van der Waals surface area contributed by atoms with E-state index >= 15 is 0 Å². The van der Waals surface area contributed by atoms with Crippen LogP contribution in [0.25, 0.3) is 0 Å². The highest BCUT2D eigenvalue weighted by molar-refractivity contribution is 7.80. The molecular formula is C12H8N6O7S. The third-order valence-electron chi connectivity index (χ3n) is 2.79. The number of nitro benzene ring substituents is 2. The van der Waals surface area contributed by atoms with Crippen LogP contribution in [0.2, 0.25) is 0 Å². The van der Waals surface area contributed by atoms with Gasteiger partial charge in [0.15, 0.2) is 10.9 Å². The molecule has 1 heterocycles. The van der Waals surface area contributed by atoms with Crippen molar-refractivity contribution in [2.45, 2.75) is 0 Å². The topological polar surface area (TPSA) is 179 Å². The first-order valence-corrected chi connectivity index (χ1v) is 6.96. The number of hydrazone groups is 1. The van der Waals surface area contributed by atoms with E-state index < -0.39 is 32.0 Å². The van der Waals surface area contributed by atoms with Crippen LogP contribution in [0.3, 0.4) is 0 Å². The fourth-order valence-corrected chi connectivity index (χ4v) is 1.87. The summed E-state index contributed by atoms with van der Waals surface area (Å²) in [5.41, 5.74) is 1.25. The fourth-order valence-electron chi connectivity index (χ4n) is 1.70. The van der Waals surface area contributed by atoms with E-state index in [0.717, 1.165) is 30.5 Å². The first-order chi connectivity index (χ1) is 12.3. The first kappa shape index (κ1) is 18.4. The van der Waals surface area contributed by atoms with Gasteiger partial charge in [0.05, 0.1) is 28.2 Å². The molecule has 0 bridgehead atoms. The maximum Gasteiger partial charge on any atom is 0.433 e. The van der Waals surface area contributed by atoms with Gasteiger partial charge in [0, 0.05) is 6.07 Å². The van der Waals surface area contributed by atoms with Gasteiger partial charge >= 0.3 is 5.88 Å². The van der Waals surface area contributed by atoms with E-state index in [2.05, 4.69) is 15.8 Å². The third-order valence-corrected chi connectivity index (χ3v) is 2.98. The summed E-state index contributed by atoms with van der Waals surface area (Å²) in [5.74, 6) is -0.387. The quantitative estimate of drug-likeness (QED) is 0.327. The van der Waals surface area contributed by atoms with E-state index in [4.69, 9.17) is 16.6 Å². The molecule has 2 aromatic rings. The minimum Gasteiger partial charge on any atom is -0.400 e. The first-order valence-electron chi connectivity index (χ1n) is 6.55. The lowest BCUT2D eigenvalue weighted by Gasteiger charge is -2.07. The molecular weight excluding hydrogens is 372 g/mol. The van der Waals surface area contributed by atoms with Gasteiger partial charge in [-0.25, -0.2) is 0 Å². The largest absolute Gasteiger partial charge is 0.433 e. The molecule has 0 saturated carbocycles. The molecule has 14 heteroatoms. The summed E-state index contributed by atoms with van der Waals surface area (Å²) in [4.78, 5) is 29.9. The van der Waals surface area contributed by atoms with Gasteiger partial charge in [0.2, 0.25) is 0 Å². The van der Waals surface area contributed by atoms with Crippen molar-refractivity contribution >= 4 is 46.5 Å². The average Bonchev–Trinajstić information content (AvgIpc) is 3.04. The molecule has 0 amide bonds. The molecule has 26 heavy (non-hydrogen) atoms. The second kappa shape index (κ2) is 7.75. The molecule has 0 radical (unpaired) electrons. The van der Waals surface area contributed by atoms with Crippen molar-refractivity contribution in [1.82, 2.24) is 5.43 Å². The van der Waals surface area contributed by atoms with Crippen LogP contribution < -0.4 is 10.7 Å². The Morgan fingerprint density at radius 2 is 1.81 bits per heavy atom. The van der Waals surface area contributed by atoms with Crippen LogP contribution in [-0.2, 0) is 0 Å². The number of anilines is 1. The Morgan fingerprint density at radius 3 is 2.38 bits per heavy atom. The highest BCUT2D eigenvalue weighted by Gasteiger charge is 2.20. The molecule has 0 aliphatic carbocycles. The van der Waals surface area contributed by atoms with Crippen LogP contribution in [-0.4, -0.2) is 26.1 Å². The van der Waals surface area contributed by atoms with Gasteiger partial charge in [-0.2, -0.15) is 5.10 Å². The van der Waals surface area contributed by atoms with Crippen molar-refractivity contribution in [3.63, 3.8) is 0 Å². The number of hydrogen-bond donors (Lipinski definition) is 2. The zero-order chi connectivity index (χ0) is 19.3. The number of non-ortho nitro benzene ring substituents is 1. The summed E-state index contributed by atoms with van der Waals surface area (Å²) in [6.45, 7) is 0. The smallest absolute Gasteiger partial charge is 0.400 e. The second-order valence-corrected chi connectivity index (χ2v) is 4.88. The Hall–Kier alpha value is -3.94. The minimum atomic E-state index is -0.802. The van der Waals surface area contributed by atoms with Crippen LogP contribution in [0.1, 0.15) is 5.76 Å². The number of nitrogens with one attached hydrogen (secondary N) is 2. The van der Waals surface area contributed by atoms with Crippen LogP contribution in [0, 0.1) is 30.3 Å². The fraction of sp³-hybridized carbons (Fsp3) is 0. The van der Waals surface area contributed by atoms with Crippen LogP contribution in [0.5, 0.6) is 0 Å². The number of thiocarbonyl (C=S) groups is 1. The summed E-state index contributed by atoms with van der Waals surface area (Å²) in [6.07, 6.45) is 1.10. The summed E-state index contributed by atoms with van der Waals surface area (Å²) < 4.78 is 4.83. The predicted molar refractivity (Wildman–Crippen MR) is 92.1 cm³/mol. The number of rotatable bonds is 6. The Morgan fingerprint density at radius 1 is 1.08 bits per heavy atom. The Balaban J connectivity index is 2.05. The zero-order valence-corrected chi connectivity index (χ0v) is 13.3. The van der Waals surface area contributed by atoms with E-state index in [9.17, 15) is 30.3 Å². The molecule has 13 nitrogen and oxygen atoms in total. The zero-order valence-electron chi connectivity index (χ0n) is 12.5. The Bertz CT molecular complexity index is 925. The highest BCUT2D eigenvalue weighted by atomic mass is 32.1. The van der Waals surface area contributed by atoms with Gasteiger partial charge < -0.3 is 9.73 Å². The SMILES string of the molecule is O=[N+]([O-])c1ccc(NC(=S)N/N=C/c2ccc([N+](=O)[O-])o2)c([N+](=O)[O-])c1. The lowest BCUT2D eigenvalue weighted by atomic mass is 10.2. The maximum atomic E-state index is 11.0. The highest BCUT2D eigenvalue weighted by Crippen LogP contribution is 2.28. The summed E-state index contributed by atoms with van der Waals surface area (Å²) in [5, 5.41) is 38.2. The van der Waals surface area contributed by atoms with Gasteiger partial charge in [-0.1, -0.05) is 0 Å². The van der Waals surface area contributed by atoms with Crippen molar-refractivity contribution in [1.29, 1.82) is 0 Å². The molecule has 2 N–H and O–H groups in total. The minimum absolute atomic E-state index is 0.0771. The molecule has 0 spiro atoms. The Labute approximate surface area is 148 Å². The van der Waals surface area contributed by atoms with Crippen molar-refractivity contribution in [2.24, 2.45) is 5.10 Å². The number of benzene rings is 1. The van der Waals surface area contributed by atoms with Gasteiger partial charge in [0.1, 0.15) is 10.6 Å². The number of hydrogen-bond acceptors (Lipinski definition) is 9. The van der Waals surface area contributed by atoms with Crippen LogP contribution in [0.4, 0.5) is 22.9 Å². The summed E-state index contributed by atoms with van der Waals surface area (Å²) in [7, 11) is 0. The van der Waals surface area contributed by atoms with Crippen molar-refractivity contribution in [2.75, 3.05) is 5.32 Å². The van der Waals surface area contributed by atoms with E-state index in [0.29, 0.717) is 0 Å². The van der Waals surface area contributed by atoms with Crippen molar-refractivity contribution in [3.05, 3.63) is 66.4 Å². The molecule has 1 aromatic carbocycles. The van der Waals surface area contributed by atoms with Gasteiger partial charge in [-0.15, -0.1) is 0 Å². The number of nitrogens with zero attached hydrogens (tertiary/aromatic N) is 4. The van der Waals surface area contributed by atoms with Gasteiger partial charge in [-0.3, -0.25) is 35.8 Å². The second-order valence-electron chi connectivity index (χ2n) is 4.47. The Kier molecular flexibility index (Phi) is 5.49. The predicted octanol–water partition coefficient (Wildman–Crippen LogP) is 2.32. The van der Waals surface area contributed by atoms with E-state index in [-0.39, 0.29) is 16.6 Å². The van der Waals surface area contributed by atoms with Gasteiger partial charge in [0.25, 0.3) is 11.4 Å². The normalized spacial score (nSPS) is 10.5. The number of nitro groups is 3. The van der Waals surface area contributed by atoms with Crippen molar-refractivity contribution in [3.8, 4) is 0 Å². The van der Waals surface area contributed by atoms with E-state index in [1.54, 1.807) is 0 Å². The van der Waals surface area contributed by atoms with Gasteiger partial charge in [-0.05, 0) is 24.4 Å². The summed E-state index contributed by atoms with van der Waals surface area (Å²) in [6, 6.07) is 5.43. The monoisotopic (exact) mass is 380 g/mol. The average molecular weight is 380 g/mol. The standard InChI is InChI=1S/C12H8N6O7S/c19-16(20)7-1-3-9(10(5-7)17(21)22)14-12(26)15-13-6-8-2-4-11(25-8)18(23)24/h1-6H,(H2,14,15,26)/b13-6+. The lowest BCUT2D eigenvalue weighted by molar-refractivity contribution is -0.402. The third kappa shape index (κ3) is 4.54. The summed E-state index contributed by atoms with van der Waals surface area (Å²) >= 11 is 4.90. The lowest BCUT2D eigenvalue weighted by Crippen LogP contribution is -2.24.